The van der Waals surface area contributed by atoms with Crippen LogP contribution >= 0.6 is 11.8 Å². The predicted octanol–water partition coefficient (Wildman–Crippen LogP) is 3.63. The van der Waals surface area contributed by atoms with E-state index >= 15 is 0 Å². The van der Waals surface area contributed by atoms with Crippen molar-refractivity contribution in [3.05, 3.63) is 24.3 Å². The van der Waals surface area contributed by atoms with E-state index in [1.165, 1.54) is 24.6 Å². The Kier molecular flexibility index (Phi) is 4.65. The zero-order valence-electron chi connectivity index (χ0n) is 15.4. The van der Waals surface area contributed by atoms with Crippen LogP contribution in [0.1, 0.15) is 40.0 Å². The van der Waals surface area contributed by atoms with Gasteiger partial charge in [0.1, 0.15) is 0 Å². The monoisotopic (exact) mass is 371 g/mol. The van der Waals surface area contributed by atoms with Gasteiger partial charge in [0.15, 0.2) is 5.16 Å². The molecule has 26 heavy (non-hydrogen) atoms. The Morgan fingerprint density at radius 1 is 1.35 bits per heavy atom. The molecule has 0 bridgehead atoms. The third-order valence-electron chi connectivity index (χ3n) is 5.69. The van der Waals surface area contributed by atoms with Gasteiger partial charge in [0.25, 0.3) is 0 Å². The number of imidazole rings is 1. The normalized spacial score (nSPS) is 24.8. The first-order valence-corrected chi connectivity index (χ1v) is 10.2. The number of thioether (sulfide) groups is 1. The number of carbonyl (C=O) groups is 1. The summed E-state index contributed by atoms with van der Waals surface area (Å²) in [6, 6.07) is 8.23. The Morgan fingerprint density at radius 2 is 2.15 bits per heavy atom. The molecule has 7 heteroatoms. The van der Waals surface area contributed by atoms with E-state index in [9.17, 15) is 4.79 Å². The molecule has 2 aromatic heterocycles. The average Bonchev–Trinajstić information content (AvgIpc) is 3.18. The number of hydrogen-bond donors (Lipinski definition) is 2. The van der Waals surface area contributed by atoms with Crippen molar-refractivity contribution in [2.24, 2.45) is 11.8 Å². The molecule has 4 rings (SSSR count). The van der Waals surface area contributed by atoms with E-state index in [1.54, 1.807) is 0 Å². The van der Waals surface area contributed by atoms with Gasteiger partial charge in [0.2, 0.25) is 11.7 Å². The summed E-state index contributed by atoms with van der Waals surface area (Å²) >= 11 is 1.47. The number of benzene rings is 1. The van der Waals surface area contributed by atoms with Crippen LogP contribution < -0.4 is 5.32 Å². The van der Waals surface area contributed by atoms with Crippen molar-refractivity contribution < 1.29 is 4.79 Å². The molecule has 2 N–H and O–H groups in total. The lowest BCUT2D eigenvalue weighted by Gasteiger charge is -2.35. The minimum Gasteiger partial charge on any atom is -0.352 e. The van der Waals surface area contributed by atoms with E-state index in [0.29, 0.717) is 17.6 Å². The van der Waals surface area contributed by atoms with Gasteiger partial charge in [-0.2, -0.15) is 0 Å². The SMILES string of the molecule is C[C@H]1[C@H](C)CCC[C@H]1NC(=O)[C@H](C)Sc1n[nH]c2nc3ccccc3n12. The summed E-state index contributed by atoms with van der Waals surface area (Å²) in [6.07, 6.45) is 3.53. The molecular formula is C19H25N5OS. The molecule has 4 atom stereocenters. The van der Waals surface area contributed by atoms with Gasteiger partial charge in [0.05, 0.1) is 16.3 Å². The lowest BCUT2D eigenvalue weighted by Crippen LogP contribution is -2.46. The minimum absolute atomic E-state index is 0.0847. The molecule has 1 aliphatic carbocycles. The second-order valence-electron chi connectivity index (χ2n) is 7.41. The minimum atomic E-state index is -0.216. The molecule has 0 spiro atoms. The van der Waals surface area contributed by atoms with Gasteiger partial charge in [-0.1, -0.05) is 50.6 Å². The van der Waals surface area contributed by atoms with Crippen LogP contribution in [-0.2, 0) is 4.79 Å². The fourth-order valence-electron chi connectivity index (χ4n) is 3.82. The number of amides is 1. The number of nitrogens with one attached hydrogen (secondary N) is 2. The van der Waals surface area contributed by atoms with E-state index in [4.69, 9.17) is 0 Å². The summed E-state index contributed by atoms with van der Waals surface area (Å²) in [5.41, 5.74) is 1.92. The average molecular weight is 372 g/mol. The first-order valence-electron chi connectivity index (χ1n) is 9.33. The third kappa shape index (κ3) is 3.09. The summed E-state index contributed by atoms with van der Waals surface area (Å²) in [4.78, 5) is 17.3. The molecule has 1 saturated carbocycles. The van der Waals surface area contributed by atoms with E-state index in [0.717, 1.165) is 22.6 Å². The summed E-state index contributed by atoms with van der Waals surface area (Å²) in [5, 5.41) is 11.1. The highest BCUT2D eigenvalue weighted by Gasteiger charge is 2.30. The Hall–Kier alpha value is -2.02. The number of fused-ring (bicyclic) bond motifs is 3. The molecular weight excluding hydrogens is 346 g/mol. The van der Waals surface area contributed by atoms with E-state index in [1.807, 2.05) is 35.6 Å². The van der Waals surface area contributed by atoms with E-state index in [-0.39, 0.29) is 17.2 Å². The maximum atomic E-state index is 12.7. The molecule has 0 saturated heterocycles. The Morgan fingerprint density at radius 3 is 3.00 bits per heavy atom. The van der Waals surface area contributed by atoms with Crippen molar-refractivity contribution >= 4 is 34.5 Å². The van der Waals surface area contributed by atoms with Gasteiger partial charge in [0, 0.05) is 6.04 Å². The number of carbonyl (C=O) groups excluding carboxylic acids is 1. The van der Waals surface area contributed by atoms with Crippen molar-refractivity contribution in [1.29, 1.82) is 0 Å². The second kappa shape index (κ2) is 6.95. The van der Waals surface area contributed by atoms with Crippen molar-refractivity contribution in [2.75, 3.05) is 0 Å². The van der Waals surface area contributed by atoms with E-state index in [2.05, 4.69) is 34.3 Å². The molecule has 0 aliphatic heterocycles. The highest BCUT2D eigenvalue weighted by molar-refractivity contribution is 8.00. The number of hydrogen-bond acceptors (Lipinski definition) is 4. The zero-order chi connectivity index (χ0) is 18.3. The number of rotatable bonds is 4. The molecule has 1 fully saturated rings. The molecule has 0 unspecified atom stereocenters. The molecule has 6 nitrogen and oxygen atoms in total. The van der Waals surface area contributed by atoms with Gasteiger partial charge in [-0.05, 0) is 37.3 Å². The maximum absolute atomic E-state index is 12.7. The van der Waals surface area contributed by atoms with Crippen LogP contribution in [0.25, 0.3) is 16.8 Å². The van der Waals surface area contributed by atoms with Gasteiger partial charge < -0.3 is 5.32 Å². The zero-order valence-corrected chi connectivity index (χ0v) is 16.2. The van der Waals surface area contributed by atoms with Crippen molar-refractivity contribution in [3.8, 4) is 0 Å². The predicted molar refractivity (Wildman–Crippen MR) is 104 cm³/mol. The fraction of sp³-hybridized carbons (Fsp3) is 0.526. The molecule has 1 aromatic carbocycles. The number of aromatic nitrogens is 4. The first-order chi connectivity index (χ1) is 12.5. The Labute approximate surface area is 157 Å². The van der Waals surface area contributed by atoms with Gasteiger partial charge >= 0.3 is 0 Å². The highest BCUT2D eigenvalue weighted by atomic mass is 32.2. The van der Waals surface area contributed by atoms with Crippen molar-refractivity contribution in [1.82, 2.24) is 24.9 Å². The first kappa shape index (κ1) is 17.4. The second-order valence-corrected chi connectivity index (χ2v) is 8.72. The quantitative estimate of drug-likeness (QED) is 0.687. The lowest BCUT2D eigenvalue weighted by atomic mass is 9.78. The molecule has 138 valence electrons. The summed E-state index contributed by atoms with van der Waals surface area (Å²) < 4.78 is 1.98. The van der Waals surface area contributed by atoms with Crippen LogP contribution in [0.15, 0.2) is 29.4 Å². The largest absolute Gasteiger partial charge is 0.352 e. The van der Waals surface area contributed by atoms with Crippen LogP contribution in [0.2, 0.25) is 0 Å². The summed E-state index contributed by atoms with van der Waals surface area (Å²) in [6.45, 7) is 6.48. The smallest absolute Gasteiger partial charge is 0.233 e. The Bertz CT molecular complexity index is 932. The third-order valence-corrected chi connectivity index (χ3v) is 6.74. The number of H-pyrrole nitrogens is 1. The van der Waals surface area contributed by atoms with Crippen LogP contribution in [-0.4, -0.2) is 36.8 Å². The topological polar surface area (TPSA) is 75.1 Å². The lowest BCUT2D eigenvalue weighted by molar-refractivity contribution is -0.121. The van der Waals surface area contributed by atoms with Crippen LogP contribution in [0.4, 0.5) is 0 Å². The number of nitrogens with zero attached hydrogens (tertiary/aromatic N) is 3. The van der Waals surface area contributed by atoms with E-state index < -0.39 is 0 Å². The molecule has 3 aromatic rings. The van der Waals surface area contributed by atoms with Crippen LogP contribution in [0.3, 0.4) is 0 Å². The standard InChI is InChI=1S/C19H25N5OS/c1-11-7-6-9-14(12(11)2)20-17(25)13(3)26-19-23-22-18-21-15-8-4-5-10-16(15)24(18)19/h4-5,8,10-14H,6-7,9H2,1-3H3,(H,20,25)(H,21,22)/t11-,12+,13+,14-/m1/s1. The van der Waals surface area contributed by atoms with Crippen molar-refractivity contribution in [2.45, 2.75) is 56.5 Å². The van der Waals surface area contributed by atoms with Crippen LogP contribution in [0.5, 0.6) is 0 Å². The Balaban J connectivity index is 1.50. The summed E-state index contributed by atoms with van der Waals surface area (Å²) in [7, 11) is 0. The fourth-order valence-corrected chi connectivity index (χ4v) is 4.70. The van der Waals surface area contributed by atoms with Crippen molar-refractivity contribution in [3.63, 3.8) is 0 Å². The van der Waals surface area contributed by atoms with Crippen LogP contribution in [0, 0.1) is 11.8 Å². The van der Waals surface area contributed by atoms with Gasteiger partial charge in [-0.3, -0.25) is 9.20 Å². The maximum Gasteiger partial charge on any atom is 0.233 e. The number of aromatic amines is 1. The number of para-hydroxylation sites is 2. The molecule has 0 radical (unpaired) electrons. The van der Waals surface area contributed by atoms with Gasteiger partial charge in [-0.25, -0.2) is 10.1 Å². The summed E-state index contributed by atoms with van der Waals surface area (Å²) in [5.74, 6) is 1.98. The molecule has 1 aliphatic rings. The highest BCUT2D eigenvalue weighted by Crippen LogP contribution is 2.30. The molecule has 1 amide bonds. The van der Waals surface area contributed by atoms with Gasteiger partial charge in [-0.15, -0.1) is 5.10 Å². The molecule has 2 heterocycles.